The van der Waals surface area contributed by atoms with Crippen LogP contribution in [0.2, 0.25) is 0 Å². The molecule has 1 unspecified atom stereocenters. The Kier molecular flexibility index (Phi) is 5.27. The average Bonchev–Trinajstić information content (AvgIpc) is 3.17. The lowest BCUT2D eigenvalue weighted by atomic mass is 10.0. The molecule has 5 nitrogen and oxygen atoms in total. The first-order chi connectivity index (χ1) is 12.6. The summed E-state index contributed by atoms with van der Waals surface area (Å²) < 4.78 is 44.2. The number of nitrogens with zero attached hydrogens (tertiary/aromatic N) is 2. The number of carbonyl (C=O) groups excluding carboxylic acids is 1. The molecule has 1 amide bonds. The highest BCUT2D eigenvalue weighted by Crippen LogP contribution is 2.38. The molecule has 1 atom stereocenters. The van der Waals surface area contributed by atoms with Crippen LogP contribution in [0, 0.1) is 13.8 Å². The Morgan fingerprint density at radius 3 is 2.67 bits per heavy atom. The number of rotatable bonds is 4. The summed E-state index contributed by atoms with van der Waals surface area (Å²) in [7, 11) is 0. The lowest BCUT2D eigenvalue weighted by Crippen LogP contribution is -2.48. The maximum absolute atomic E-state index is 13.0. The Labute approximate surface area is 158 Å². The number of alkyl halides is 3. The summed E-state index contributed by atoms with van der Waals surface area (Å²) in [5.74, 6) is 0.702. The van der Waals surface area contributed by atoms with E-state index in [1.165, 1.54) is 11.8 Å². The summed E-state index contributed by atoms with van der Waals surface area (Å²) in [6, 6.07) is 6.77. The topological polar surface area (TPSA) is 66.6 Å². The van der Waals surface area contributed by atoms with Gasteiger partial charge in [-0.25, -0.2) is 0 Å². The second kappa shape index (κ2) is 7.20. The van der Waals surface area contributed by atoms with Gasteiger partial charge in [0.15, 0.2) is 5.60 Å². The number of amides is 1. The van der Waals surface area contributed by atoms with Crippen LogP contribution in [0.4, 0.5) is 13.2 Å². The van der Waals surface area contributed by atoms with Crippen molar-refractivity contribution in [2.45, 2.75) is 42.7 Å². The van der Waals surface area contributed by atoms with E-state index in [0.29, 0.717) is 22.0 Å². The van der Waals surface area contributed by atoms with Gasteiger partial charge in [0.1, 0.15) is 5.76 Å². The fourth-order valence-electron chi connectivity index (χ4n) is 3.00. The summed E-state index contributed by atoms with van der Waals surface area (Å²) in [5.41, 5.74) is -0.837. The van der Waals surface area contributed by atoms with E-state index >= 15 is 0 Å². The number of hydrogen-bond acceptors (Lipinski definition) is 5. The van der Waals surface area contributed by atoms with Crippen molar-refractivity contribution in [3.05, 3.63) is 46.8 Å². The van der Waals surface area contributed by atoms with Crippen molar-refractivity contribution in [1.82, 2.24) is 10.1 Å². The SMILES string of the molecule is Cc1noc(C)c1CSc1ccccc1C(=O)N1CCC(O)(C(F)(F)F)C1. The van der Waals surface area contributed by atoms with Gasteiger partial charge in [0.25, 0.3) is 5.91 Å². The first-order valence-electron chi connectivity index (χ1n) is 8.34. The van der Waals surface area contributed by atoms with Crippen LogP contribution in [0.3, 0.4) is 0 Å². The summed E-state index contributed by atoms with van der Waals surface area (Å²) in [4.78, 5) is 14.5. The molecule has 3 rings (SSSR count). The van der Waals surface area contributed by atoms with E-state index in [2.05, 4.69) is 5.16 Å². The van der Waals surface area contributed by atoms with Crippen molar-refractivity contribution in [2.24, 2.45) is 0 Å². The van der Waals surface area contributed by atoms with Crippen LogP contribution in [0.1, 0.15) is 33.8 Å². The number of β-amino-alcohol motifs (C(OH)–C–C–N with tert-alkyl or cyclic N) is 1. The number of carbonyl (C=O) groups is 1. The van der Waals surface area contributed by atoms with Gasteiger partial charge in [0.2, 0.25) is 0 Å². The van der Waals surface area contributed by atoms with Crippen LogP contribution < -0.4 is 0 Å². The zero-order chi connectivity index (χ0) is 19.8. The summed E-state index contributed by atoms with van der Waals surface area (Å²) in [6.45, 7) is 2.73. The number of likely N-dealkylation sites (tertiary alicyclic amines) is 1. The molecule has 0 saturated carbocycles. The number of aromatic nitrogens is 1. The summed E-state index contributed by atoms with van der Waals surface area (Å²) >= 11 is 1.39. The molecule has 2 aromatic rings. The predicted molar refractivity (Wildman–Crippen MR) is 93.5 cm³/mol. The monoisotopic (exact) mass is 400 g/mol. The molecule has 1 aromatic carbocycles. The third-order valence-electron chi connectivity index (χ3n) is 4.73. The molecule has 2 heterocycles. The maximum Gasteiger partial charge on any atom is 0.419 e. The second-order valence-corrected chi connectivity index (χ2v) is 7.61. The van der Waals surface area contributed by atoms with Gasteiger partial charge in [0, 0.05) is 29.2 Å². The minimum atomic E-state index is -4.76. The largest absolute Gasteiger partial charge is 0.419 e. The van der Waals surface area contributed by atoms with Crippen LogP contribution in [-0.2, 0) is 5.75 Å². The number of hydrogen-bond donors (Lipinski definition) is 1. The van der Waals surface area contributed by atoms with Crippen molar-refractivity contribution < 1.29 is 27.6 Å². The lowest BCUT2D eigenvalue weighted by Gasteiger charge is -2.26. The van der Waals surface area contributed by atoms with Crippen LogP contribution in [0.5, 0.6) is 0 Å². The fourth-order valence-corrected chi connectivity index (χ4v) is 4.19. The second-order valence-electron chi connectivity index (χ2n) is 6.59. The van der Waals surface area contributed by atoms with E-state index in [-0.39, 0.29) is 6.54 Å². The van der Waals surface area contributed by atoms with E-state index < -0.39 is 30.7 Å². The van der Waals surface area contributed by atoms with Crippen molar-refractivity contribution in [3.8, 4) is 0 Å². The summed E-state index contributed by atoms with van der Waals surface area (Å²) in [6.07, 6.45) is -5.28. The maximum atomic E-state index is 13.0. The standard InChI is InChI=1S/C18H19F3N2O3S/c1-11-14(12(2)26-22-11)9-27-15-6-4-3-5-13(15)16(24)23-8-7-17(25,10-23)18(19,20)21/h3-6,25H,7-10H2,1-2H3. The molecule has 27 heavy (non-hydrogen) atoms. The Morgan fingerprint density at radius 2 is 2.07 bits per heavy atom. The van der Waals surface area contributed by atoms with Crippen LogP contribution >= 0.6 is 11.8 Å². The van der Waals surface area contributed by atoms with Crippen LogP contribution in [0.15, 0.2) is 33.7 Å². The zero-order valence-corrected chi connectivity index (χ0v) is 15.7. The van der Waals surface area contributed by atoms with Crippen molar-refractivity contribution in [3.63, 3.8) is 0 Å². The number of aliphatic hydroxyl groups is 1. The quantitative estimate of drug-likeness (QED) is 0.793. The number of aryl methyl sites for hydroxylation is 2. The molecule has 146 valence electrons. The first kappa shape index (κ1) is 19.8. The van der Waals surface area contributed by atoms with Gasteiger partial charge in [-0.3, -0.25) is 4.79 Å². The average molecular weight is 400 g/mol. The Balaban J connectivity index is 1.77. The highest BCUT2D eigenvalue weighted by atomic mass is 32.2. The zero-order valence-electron chi connectivity index (χ0n) is 14.8. The molecule has 1 saturated heterocycles. The first-order valence-corrected chi connectivity index (χ1v) is 9.33. The summed E-state index contributed by atoms with van der Waals surface area (Å²) in [5, 5.41) is 13.7. The van der Waals surface area contributed by atoms with E-state index in [4.69, 9.17) is 4.52 Å². The highest BCUT2D eigenvalue weighted by molar-refractivity contribution is 7.98. The highest BCUT2D eigenvalue weighted by Gasteiger charge is 2.57. The number of halogens is 3. The van der Waals surface area contributed by atoms with E-state index in [1.54, 1.807) is 31.2 Å². The minimum absolute atomic E-state index is 0.141. The number of benzene rings is 1. The van der Waals surface area contributed by atoms with Gasteiger partial charge in [-0.1, -0.05) is 17.3 Å². The van der Waals surface area contributed by atoms with Gasteiger partial charge in [0.05, 0.1) is 17.8 Å². The molecular weight excluding hydrogens is 381 g/mol. The molecule has 1 aliphatic heterocycles. The molecule has 0 aliphatic carbocycles. The molecule has 1 aromatic heterocycles. The van der Waals surface area contributed by atoms with Gasteiger partial charge in [-0.15, -0.1) is 11.8 Å². The third kappa shape index (κ3) is 3.84. The molecule has 9 heteroatoms. The smallest absolute Gasteiger partial charge is 0.379 e. The Bertz CT molecular complexity index is 833. The molecule has 0 radical (unpaired) electrons. The van der Waals surface area contributed by atoms with Gasteiger partial charge in [-0.05, 0) is 26.0 Å². The molecular formula is C18H19F3N2O3S. The van der Waals surface area contributed by atoms with E-state index in [0.717, 1.165) is 16.2 Å². The van der Waals surface area contributed by atoms with E-state index in [9.17, 15) is 23.1 Å². The third-order valence-corrected chi connectivity index (χ3v) is 5.83. The van der Waals surface area contributed by atoms with Crippen molar-refractivity contribution in [1.29, 1.82) is 0 Å². The fraction of sp³-hybridized carbons (Fsp3) is 0.444. The van der Waals surface area contributed by atoms with Gasteiger partial charge in [-0.2, -0.15) is 13.2 Å². The lowest BCUT2D eigenvalue weighted by molar-refractivity contribution is -0.253. The molecule has 1 aliphatic rings. The molecule has 0 bridgehead atoms. The minimum Gasteiger partial charge on any atom is -0.379 e. The molecule has 1 N–H and O–H groups in total. The van der Waals surface area contributed by atoms with Crippen molar-refractivity contribution >= 4 is 17.7 Å². The predicted octanol–water partition coefficient (Wildman–Crippen LogP) is 3.72. The van der Waals surface area contributed by atoms with Gasteiger partial charge >= 0.3 is 6.18 Å². The normalized spacial score (nSPS) is 20.3. The van der Waals surface area contributed by atoms with Crippen LogP contribution in [0.25, 0.3) is 0 Å². The van der Waals surface area contributed by atoms with E-state index in [1.807, 2.05) is 6.92 Å². The molecule has 0 spiro atoms. The van der Waals surface area contributed by atoms with Crippen molar-refractivity contribution in [2.75, 3.05) is 13.1 Å². The molecule has 1 fully saturated rings. The van der Waals surface area contributed by atoms with Crippen LogP contribution in [-0.4, -0.2) is 45.9 Å². The number of thioether (sulfide) groups is 1. The Hall–Kier alpha value is -2.00. The Morgan fingerprint density at radius 1 is 1.37 bits per heavy atom. The van der Waals surface area contributed by atoms with Gasteiger partial charge < -0.3 is 14.5 Å².